The van der Waals surface area contributed by atoms with Crippen molar-refractivity contribution in [2.45, 2.75) is 36.8 Å². The van der Waals surface area contributed by atoms with Crippen molar-refractivity contribution in [3.8, 4) is 23.0 Å². The molecule has 0 bridgehead atoms. The number of hydrogen-bond donors (Lipinski definition) is 0. The summed E-state index contributed by atoms with van der Waals surface area (Å²) in [7, 11) is 0. The van der Waals surface area contributed by atoms with Crippen LogP contribution in [0.25, 0.3) is 0 Å². The van der Waals surface area contributed by atoms with E-state index < -0.39 is 11.1 Å². The standard InChI is InChI=1S/C18H16Cl2O3/c19-15(9-7-11-3-1-5-13-17(11)21-13)23-16(20)10-8-12-4-2-6-14-18(12)22-14/h1-6,15-16H,7-10H2. The Kier molecular flexibility index (Phi) is 4.10. The minimum Gasteiger partial charge on any atom is -0.449 e. The minimum absolute atomic E-state index is 0.403. The number of ether oxygens (including phenoxy) is 3. The molecule has 23 heavy (non-hydrogen) atoms. The van der Waals surface area contributed by atoms with Gasteiger partial charge in [-0.05, 0) is 48.9 Å². The first kappa shape index (κ1) is 15.1. The molecule has 0 N–H and O–H groups in total. The van der Waals surface area contributed by atoms with Gasteiger partial charge in [-0.2, -0.15) is 0 Å². The molecule has 0 saturated carbocycles. The number of fused-ring (bicyclic) bond motifs is 2. The number of benzene rings is 2. The van der Waals surface area contributed by atoms with Gasteiger partial charge in [0.05, 0.1) is 0 Å². The third-order valence-corrected chi connectivity index (χ3v) is 4.68. The third kappa shape index (κ3) is 3.57. The van der Waals surface area contributed by atoms with E-state index in [9.17, 15) is 0 Å². The van der Waals surface area contributed by atoms with Crippen LogP contribution < -0.4 is 9.47 Å². The molecular formula is C18H16Cl2O3. The van der Waals surface area contributed by atoms with Crippen LogP contribution in [0.2, 0.25) is 0 Å². The normalized spacial score (nSPS) is 15.7. The van der Waals surface area contributed by atoms with Crippen molar-refractivity contribution in [1.82, 2.24) is 0 Å². The van der Waals surface area contributed by atoms with Gasteiger partial charge in [-0.1, -0.05) is 47.5 Å². The summed E-state index contributed by atoms with van der Waals surface area (Å²) in [5.41, 5.74) is 1.54. The lowest BCUT2D eigenvalue weighted by molar-refractivity contribution is 0.0725. The maximum Gasteiger partial charge on any atom is 0.173 e. The van der Waals surface area contributed by atoms with Crippen LogP contribution in [0.3, 0.4) is 0 Å². The van der Waals surface area contributed by atoms with Gasteiger partial charge in [-0.25, -0.2) is 0 Å². The van der Waals surface area contributed by atoms with Gasteiger partial charge in [-0.15, -0.1) is 0 Å². The van der Waals surface area contributed by atoms with E-state index in [1.807, 2.05) is 24.3 Å². The predicted octanol–water partition coefficient (Wildman–Crippen LogP) is 5.61. The van der Waals surface area contributed by atoms with E-state index in [0.29, 0.717) is 12.8 Å². The Labute approximate surface area is 145 Å². The fraction of sp³-hybridized carbons (Fsp3) is 0.333. The number of rotatable bonds is 8. The van der Waals surface area contributed by atoms with Crippen LogP contribution in [0.5, 0.6) is 23.0 Å². The van der Waals surface area contributed by atoms with Crippen LogP contribution in [0.4, 0.5) is 0 Å². The quantitative estimate of drug-likeness (QED) is 0.306. The molecule has 2 aromatic rings. The van der Waals surface area contributed by atoms with Gasteiger partial charge in [-0.3, -0.25) is 0 Å². The topological polar surface area (TPSA) is 34.3 Å². The summed E-state index contributed by atoms with van der Waals surface area (Å²) < 4.78 is 16.4. The lowest BCUT2D eigenvalue weighted by Gasteiger charge is -2.15. The Balaban J connectivity index is 1.20. The van der Waals surface area contributed by atoms with Gasteiger partial charge >= 0.3 is 0 Å². The Bertz CT molecular complexity index is 671. The summed E-state index contributed by atoms with van der Waals surface area (Å²) in [6.45, 7) is 0. The fourth-order valence-electron chi connectivity index (χ4n) is 2.72. The Morgan fingerprint density at radius 2 is 1.26 bits per heavy atom. The maximum atomic E-state index is 6.25. The van der Waals surface area contributed by atoms with E-state index in [1.165, 1.54) is 11.1 Å². The number of aryl methyl sites for hydroxylation is 2. The van der Waals surface area contributed by atoms with E-state index in [2.05, 4.69) is 12.1 Å². The highest BCUT2D eigenvalue weighted by molar-refractivity contribution is 6.21. The number of para-hydroxylation sites is 2. The molecule has 0 saturated heterocycles. The molecule has 2 aliphatic heterocycles. The summed E-state index contributed by atoms with van der Waals surface area (Å²) in [6.07, 6.45) is 3.05. The minimum atomic E-state index is -0.403. The average Bonchev–Trinajstić information content (AvgIpc) is 3.43. The van der Waals surface area contributed by atoms with Crippen LogP contribution in [-0.2, 0) is 17.6 Å². The Hall–Kier alpha value is -1.42. The molecule has 120 valence electrons. The molecule has 0 amide bonds. The second kappa shape index (κ2) is 6.23. The molecule has 0 fully saturated rings. The maximum absolute atomic E-state index is 6.25. The average molecular weight is 351 g/mol. The van der Waals surface area contributed by atoms with Crippen molar-refractivity contribution in [3.63, 3.8) is 0 Å². The molecule has 0 spiro atoms. The fourth-order valence-corrected chi connectivity index (χ4v) is 3.24. The van der Waals surface area contributed by atoms with Crippen molar-refractivity contribution in [1.29, 1.82) is 0 Å². The summed E-state index contributed by atoms with van der Waals surface area (Å²) in [5, 5.41) is 0. The van der Waals surface area contributed by atoms with Crippen molar-refractivity contribution in [2.75, 3.05) is 0 Å². The summed E-state index contributed by atoms with van der Waals surface area (Å²) in [6, 6.07) is 12.0. The highest BCUT2D eigenvalue weighted by Crippen LogP contribution is 2.49. The molecule has 2 atom stereocenters. The predicted molar refractivity (Wildman–Crippen MR) is 90.0 cm³/mol. The molecule has 2 heterocycles. The van der Waals surface area contributed by atoms with Gasteiger partial charge in [0.1, 0.15) is 11.1 Å². The zero-order valence-corrected chi connectivity index (χ0v) is 13.9. The first-order valence-electron chi connectivity index (χ1n) is 7.74. The van der Waals surface area contributed by atoms with Gasteiger partial charge in [0, 0.05) is 0 Å². The first-order valence-corrected chi connectivity index (χ1v) is 8.61. The third-order valence-electron chi connectivity index (χ3n) is 4.04. The van der Waals surface area contributed by atoms with Crippen molar-refractivity contribution in [3.05, 3.63) is 47.5 Å². The Morgan fingerprint density at radius 3 is 1.74 bits per heavy atom. The second-order valence-corrected chi connectivity index (χ2v) is 6.70. The van der Waals surface area contributed by atoms with Crippen molar-refractivity contribution < 1.29 is 14.2 Å². The zero-order chi connectivity index (χ0) is 15.8. The summed E-state index contributed by atoms with van der Waals surface area (Å²) in [4.78, 5) is 0. The van der Waals surface area contributed by atoms with Crippen LogP contribution >= 0.6 is 23.2 Å². The summed E-state index contributed by atoms with van der Waals surface area (Å²) >= 11 is 12.5. The van der Waals surface area contributed by atoms with E-state index in [1.54, 1.807) is 0 Å². The molecule has 2 aromatic carbocycles. The lowest BCUT2D eigenvalue weighted by atomic mass is 10.1. The van der Waals surface area contributed by atoms with E-state index in [-0.39, 0.29) is 0 Å². The van der Waals surface area contributed by atoms with E-state index >= 15 is 0 Å². The second-order valence-electron chi connectivity index (χ2n) is 5.73. The van der Waals surface area contributed by atoms with Gasteiger partial charge < -0.3 is 14.2 Å². The molecule has 0 aromatic heterocycles. The monoisotopic (exact) mass is 350 g/mol. The SMILES string of the molecule is ClC(CCc1cccc2c1O2)OC(Cl)CCc1cccc2c1O2. The van der Waals surface area contributed by atoms with Gasteiger partial charge in [0.15, 0.2) is 23.0 Å². The van der Waals surface area contributed by atoms with Crippen molar-refractivity contribution in [2.24, 2.45) is 0 Å². The molecule has 5 heteroatoms. The van der Waals surface area contributed by atoms with Gasteiger partial charge in [0.25, 0.3) is 0 Å². The Morgan fingerprint density at radius 1 is 0.783 bits per heavy atom. The number of hydrogen-bond acceptors (Lipinski definition) is 3. The molecule has 2 unspecified atom stereocenters. The highest BCUT2D eigenvalue weighted by Gasteiger charge is 2.25. The van der Waals surface area contributed by atoms with Crippen LogP contribution in [-0.4, -0.2) is 11.1 Å². The number of alkyl halides is 2. The highest BCUT2D eigenvalue weighted by atomic mass is 35.5. The number of halogens is 2. The molecule has 3 nitrogen and oxygen atoms in total. The smallest absolute Gasteiger partial charge is 0.173 e. The molecular weight excluding hydrogens is 335 g/mol. The van der Waals surface area contributed by atoms with Crippen LogP contribution in [0.1, 0.15) is 24.0 Å². The first-order chi connectivity index (χ1) is 11.2. The van der Waals surface area contributed by atoms with Crippen LogP contribution in [0, 0.1) is 0 Å². The molecule has 4 rings (SSSR count). The van der Waals surface area contributed by atoms with E-state index in [0.717, 1.165) is 35.8 Å². The van der Waals surface area contributed by atoms with Gasteiger partial charge in [0.2, 0.25) is 0 Å². The van der Waals surface area contributed by atoms with E-state index in [4.69, 9.17) is 37.4 Å². The van der Waals surface area contributed by atoms with Crippen LogP contribution in [0.15, 0.2) is 36.4 Å². The zero-order valence-electron chi connectivity index (χ0n) is 12.4. The largest absolute Gasteiger partial charge is 0.449 e. The molecule has 0 radical (unpaired) electrons. The lowest BCUT2D eigenvalue weighted by Crippen LogP contribution is -2.14. The molecule has 2 aliphatic rings. The van der Waals surface area contributed by atoms with Crippen molar-refractivity contribution >= 4 is 23.2 Å². The molecule has 0 aliphatic carbocycles. The summed E-state index contributed by atoms with van der Waals surface area (Å²) in [5.74, 6) is 3.92.